The fourth-order valence-electron chi connectivity index (χ4n) is 3.11. The molecule has 6 heteroatoms. The molecule has 1 aliphatic rings. The molecule has 0 unspecified atom stereocenters. The van der Waals surface area contributed by atoms with Crippen molar-refractivity contribution in [1.29, 1.82) is 0 Å². The first-order chi connectivity index (χ1) is 12.2. The van der Waals surface area contributed by atoms with Crippen LogP contribution in [0, 0.1) is 5.92 Å². The molecule has 1 aliphatic heterocycles. The Bertz CT molecular complexity index is 642. The van der Waals surface area contributed by atoms with E-state index in [4.69, 9.17) is 16.3 Å². The smallest absolute Gasteiger partial charge is 0.410 e. The Hall–Kier alpha value is -1.75. The third-order valence-electron chi connectivity index (χ3n) is 4.43. The van der Waals surface area contributed by atoms with E-state index in [0.717, 1.165) is 18.4 Å². The van der Waals surface area contributed by atoms with Gasteiger partial charge in [0.1, 0.15) is 5.60 Å². The van der Waals surface area contributed by atoms with E-state index in [1.165, 1.54) is 0 Å². The highest BCUT2D eigenvalue weighted by Crippen LogP contribution is 2.23. The molecule has 0 N–H and O–H groups in total. The van der Waals surface area contributed by atoms with Gasteiger partial charge >= 0.3 is 6.09 Å². The number of hydrogen-bond acceptors (Lipinski definition) is 3. The second kappa shape index (κ2) is 8.76. The summed E-state index contributed by atoms with van der Waals surface area (Å²) >= 11 is 6.23. The average Bonchev–Trinajstić information content (AvgIpc) is 2.59. The van der Waals surface area contributed by atoms with Gasteiger partial charge in [0.05, 0.1) is 5.92 Å². The van der Waals surface area contributed by atoms with E-state index >= 15 is 0 Å². The van der Waals surface area contributed by atoms with Gasteiger partial charge in [0.2, 0.25) is 5.91 Å². The van der Waals surface area contributed by atoms with Gasteiger partial charge in [0, 0.05) is 31.2 Å². The van der Waals surface area contributed by atoms with Crippen molar-refractivity contribution in [3.63, 3.8) is 0 Å². The molecule has 1 saturated heterocycles. The first-order valence-electron chi connectivity index (χ1n) is 9.21. The van der Waals surface area contributed by atoms with E-state index in [-0.39, 0.29) is 17.9 Å². The fourth-order valence-corrected chi connectivity index (χ4v) is 3.30. The van der Waals surface area contributed by atoms with Crippen LogP contribution in [0.5, 0.6) is 0 Å². The summed E-state index contributed by atoms with van der Waals surface area (Å²) in [7, 11) is 0. The molecule has 0 saturated carbocycles. The second-order valence-electron chi connectivity index (χ2n) is 7.71. The standard InChI is InChI=1S/C20H29ClN2O3/c1-5-22(13-15-9-6-7-11-17(15)21)18(24)16-10-8-12-23(14-16)19(25)26-20(2,3)4/h6-7,9,11,16H,5,8,10,12-14H2,1-4H3/t16-/m0/s1. The zero-order valence-electron chi connectivity index (χ0n) is 16.1. The lowest BCUT2D eigenvalue weighted by Crippen LogP contribution is -2.47. The molecule has 2 amide bonds. The van der Waals surface area contributed by atoms with Crippen molar-refractivity contribution < 1.29 is 14.3 Å². The molecule has 26 heavy (non-hydrogen) atoms. The lowest BCUT2D eigenvalue weighted by Gasteiger charge is -2.35. The summed E-state index contributed by atoms with van der Waals surface area (Å²) in [6, 6.07) is 7.57. The van der Waals surface area contributed by atoms with Crippen LogP contribution in [0.2, 0.25) is 5.02 Å². The van der Waals surface area contributed by atoms with Crippen molar-refractivity contribution in [2.24, 2.45) is 5.92 Å². The van der Waals surface area contributed by atoms with Crippen LogP contribution in [0.25, 0.3) is 0 Å². The van der Waals surface area contributed by atoms with E-state index in [2.05, 4.69) is 0 Å². The molecule has 0 bridgehead atoms. The van der Waals surface area contributed by atoms with Crippen molar-refractivity contribution in [3.05, 3.63) is 34.9 Å². The van der Waals surface area contributed by atoms with Crippen LogP contribution in [0.4, 0.5) is 4.79 Å². The quantitative estimate of drug-likeness (QED) is 0.780. The molecule has 1 heterocycles. The third-order valence-corrected chi connectivity index (χ3v) is 4.80. The minimum absolute atomic E-state index is 0.0701. The SMILES string of the molecule is CCN(Cc1ccccc1Cl)C(=O)[C@H]1CCCN(C(=O)OC(C)(C)C)C1. The summed E-state index contributed by atoms with van der Waals surface area (Å²) in [5.74, 6) is -0.126. The van der Waals surface area contributed by atoms with Crippen LogP contribution in [-0.2, 0) is 16.1 Å². The maximum atomic E-state index is 13.0. The zero-order chi connectivity index (χ0) is 19.3. The molecule has 0 aromatic heterocycles. The number of halogens is 1. The molecule has 1 atom stereocenters. The highest BCUT2D eigenvalue weighted by Gasteiger charge is 2.32. The molecule has 0 spiro atoms. The predicted molar refractivity (Wildman–Crippen MR) is 103 cm³/mol. The molecule has 1 fully saturated rings. The van der Waals surface area contributed by atoms with Crippen molar-refractivity contribution in [2.75, 3.05) is 19.6 Å². The number of piperidine rings is 1. The summed E-state index contributed by atoms with van der Waals surface area (Å²) in [6.07, 6.45) is 1.25. The monoisotopic (exact) mass is 380 g/mol. The number of rotatable bonds is 4. The number of carbonyl (C=O) groups excluding carboxylic acids is 2. The Morgan fingerprint density at radius 1 is 1.31 bits per heavy atom. The van der Waals surface area contributed by atoms with E-state index in [9.17, 15) is 9.59 Å². The van der Waals surface area contributed by atoms with Gasteiger partial charge in [0.25, 0.3) is 0 Å². The minimum atomic E-state index is -0.534. The predicted octanol–water partition coefficient (Wildman–Crippen LogP) is 4.34. The Labute approximate surface area is 161 Å². The Kier molecular flexibility index (Phi) is 6.93. The van der Waals surface area contributed by atoms with E-state index < -0.39 is 5.60 Å². The molecular formula is C20H29ClN2O3. The summed E-state index contributed by atoms with van der Waals surface area (Å²) in [5, 5.41) is 0.665. The van der Waals surface area contributed by atoms with Gasteiger partial charge in [-0.3, -0.25) is 4.79 Å². The summed E-state index contributed by atoms with van der Waals surface area (Å²) in [4.78, 5) is 28.8. The van der Waals surface area contributed by atoms with Gasteiger partial charge in [-0.2, -0.15) is 0 Å². The minimum Gasteiger partial charge on any atom is -0.444 e. The maximum absolute atomic E-state index is 13.0. The Morgan fingerprint density at radius 2 is 2.00 bits per heavy atom. The lowest BCUT2D eigenvalue weighted by atomic mass is 9.96. The van der Waals surface area contributed by atoms with Crippen LogP contribution in [-0.4, -0.2) is 47.0 Å². The first-order valence-corrected chi connectivity index (χ1v) is 9.59. The highest BCUT2D eigenvalue weighted by atomic mass is 35.5. The molecule has 0 aliphatic carbocycles. The van der Waals surface area contributed by atoms with Gasteiger partial charge in [-0.25, -0.2) is 4.79 Å². The molecule has 0 radical (unpaired) electrons. The van der Waals surface area contributed by atoms with Crippen molar-refractivity contribution in [1.82, 2.24) is 9.80 Å². The number of hydrogen-bond donors (Lipinski definition) is 0. The van der Waals surface area contributed by atoms with E-state index in [1.807, 2.05) is 56.9 Å². The molecule has 2 rings (SSSR count). The normalized spacial score (nSPS) is 17.7. The fraction of sp³-hybridized carbons (Fsp3) is 0.600. The zero-order valence-corrected chi connectivity index (χ0v) is 16.9. The molecule has 144 valence electrons. The Balaban J connectivity index is 2.02. The van der Waals surface area contributed by atoms with Gasteiger partial charge in [0.15, 0.2) is 0 Å². The highest BCUT2D eigenvalue weighted by molar-refractivity contribution is 6.31. The second-order valence-corrected chi connectivity index (χ2v) is 8.12. The average molecular weight is 381 g/mol. The number of likely N-dealkylation sites (tertiary alicyclic amines) is 1. The van der Waals surface area contributed by atoms with E-state index in [0.29, 0.717) is 31.2 Å². The van der Waals surface area contributed by atoms with Crippen LogP contribution in [0.3, 0.4) is 0 Å². The summed E-state index contributed by atoms with van der Waals surface area (Å²) in [6.45, 7) is 9.63. The summed E-state index contributed by atoms with van der Waals surface area (Å²) < 4.78 is 5.45. The number of nitrogens with zero attached hydrogens (tertiary/aromatic N) is 2. The van der Waals surface area contributed by atoms with Crippen LogP contribution in [0.1, 0.15) is 46.1 Å². The van der Waals surface area contributed by atoms with Crippen LogP contribution in [0.15, 0.2) is 24.3 Å². The third kappa shape index (κ3) is 5.63. The van der Waals surface area contributed by atoms with Gasteiger partial charge in [-0.05, 0) is 52.2 Å². The number of ether oxygens (including phenoxy) is 1. The number of amides is 2. The van der Waals surface area contributed by atoms with Crippen molar-refractivity contribution in [2.45, 2.75) is 52.7 Å². The number of carbonyl (C=O) groups is 2. The van der Waals surface area contributed by atoms with Gasteiger partial charge in [-0.15, -0.1) is 0 Å². The molecular weight excluding hydrogens is 352 g/mol. The van der Waals surface area contributed by atoms with Crippen molar-refractivity contribution >= 4 is 23.6 Å². The molecule has 1 aromatic carbocycles. The lowest BCUT2D eigenvalue weighted by molar-refractivity contribution is -0.137. The van der Waals surface area contributed by atoms with Gasteiger partial charge < -0.3 is 14.5 Å². The van der Waals surface area contributed by atoms with E-state index in [1.54, 1.807) is 4.90 Å². The Morgan fingerprint density at radius 3 is 2.62 bits per heavy atom. The van der Waals surface area contributed by atoms with Crippen molar-refractivity contribution in [3.8, 4) is 0 Å². The largest absolute Gasteiger partial charge is 0.444 e. The first kappa shape index (κ1) is 20.6. The summed E-state index contributed by atoms with van der Waals surface area (Å²) in [5.41, 5.74) is 0.400. The number of benzene rings is 1. The van der Waals surface area contributed by atoms with Crippen LogP contribution >= 0.6 is 11.6 Å². The van der Waals surface area contributed by atoms with Crippen LogP contribution < -0.4 is 0 Å². The topological polar surface area (TPSA) is 49.9 Å². The van der Waals surface area contributed by atoms with Gasteiger partial charge in [-0.1, -0.05) is 29.8 Å². The maximum Gasteiger partial charge on any atom is 0.410 e. The molecule has 5 nitrogen and oxygen atoms in total. The molecule has 1 aromatic rings.